The highest BCUT2D eigenvalue weighted by molar-refractivity contribution is 6.42. The molecule has 6 nitrogen and oxygen atoms in total. The molecule has 4 rings (SSSR count). The Morgan fingerprint density at radius 1 is 1.06 bits per heavy atom. The monoisotopic (exact) mass is 453 g/mol. The van der Waals surface area contributed by atoms with Gasteiger partial charge < -0.3 is 9.67 Å². The molecule has 0 atom stereocenters. The first-order valence-electron chi connectivity index (χ1n) is 9.55. The summed E-state index contributed by atoms with van der Waals surface area (Å²) in [5, 5.41) is 10.4. The Kier molecular flexibility index (Phi) is 5.76. The zero-order chi connectivity index (χ0) is 22.1. The molecule has 0 radical (unpaired) electrons. The first-order valence-corrected chi connectivity index (χ1v) is 10.3. The molecule has 0 saturated carbocycles. The number of benzene rings is 2. The summed E-state index contributed by atoms with van der Waals surface area (Å²) in [5.74, 6) is -1.30. The van der Waals surface area contributed by atoms with Crippen molar-refractivity contribution in [2.45, 2.75) is 19.9 Å². The van der Waals surface area contributed by atoms with Crippen molar-refractivity contribution in [2.24, 2.45) is 0 Å². The summed E-state index contributed by atoms with van der Waals surface area (Å²) in [4.78, 5) is 33.8. The number of carbonyl (C=O) groups is 1. The zero-order valence-electron chi connectivity index (χ0n) is 16.5. The van der Waals surface area contributed by atoms with Gasteiger partial charge >= 0.3 is 5.97 Å². The molecule has 156 valence electrons. The van der Waals surface area contributed by atoms with Gasteiger partial charge in [-0.1, -0.05) is 41.4 Å². The Bertz CT molecular complexity index is 1380. The molecule has 8 heteroatoms. The lowest BCUT2D eigenvalue weighted by Gasteiger charge is -2.20. The zero-order valence-corrected chi connectivity index (χ0v) is 18.0. The van der Waals surface area contributed by atoms with Crippen LogP contribution in [-0.4, -0.2) is 25.6 Å². The van der Waals surface area contributed by atoms with Crippen molar-refractivity contribution >= 4 is 40.2 Å². The van der Waals surface area contributed by atoms with Gasteiger partial charge in [0.2, 0.25) is 0 Å². The van der Waals surface area contributed by atoms with Crippen LogP contribution in [0.5, 0.6) is 0 Å². The Hall–Kier alpha value is -3.22. The number of fused-ring (bicyclic) bond motifs is 1. The van der Waals surface area contributed by atoms with Crippen LogP contribution in [0.3, 0.4) is 0 Å². The lowest BCUT2D eigenvalue weighted by atomic mass is 10.0. The normalized spacial score (nSPS) is 11.1. The van der Waals surface area contributed by atoms with Gasteiger partial charge in [-0.15, -0.1) is 0 Å². The minimum absolute atomic E-state index is 0.274. The van der Waals surface area contributed by atoms with Gasteiger partial charge in [-0.2, -0.15) is 0 Å². The highest BCUT2D eigenvalue weighted by Crippen LogP contribution is 2.31. The molecule has 0 fully saturated rings. The van der Waals surface area contributed by atoms with E-state index in [4.69, 9.17) is 23.2 Å². The lowest BCUT2D eigenvalue weighted by molar-refractivity contribution is 0.0695. The van der Waals surface area contributed by atoms with Gasteiger partial charge in [-0.25, -0.2) is 9.78 Å². The molecule has 0 saturated heterocycles. The SMILES string of the molecule is CCn1c(Cc2cnc3ccccc3n2)cc(=O)c(C(=O)O)c1-c1ccc(Cl)c(Cl)c1. The van der Waals surface area contributed by atoms with Gasteiger partial charge in [0.25, 0.3) is 0 Å². The van der Waals surface area contributed by atoms with E-state index in [2.05, 4.69) is 9.97 Å². The predicted molar refractivity (Wildman–Crippen MR) is 121 cm³/mol. The van der Waals surface area contributed by atoms with Crippen LogP contribution in [0, 0.1) is 0 Å². The lowest BCUT2D eigenvalue weighted by Crippen LogP contribution is -2.23. The number of rotatable bonds is 5. The van der Waals surface area contributed by atoms with E-state index >= 15 is 0 Å². The van der Waals surface area contributed by atoms with Crippen molar-refractivity contribution in [1.82, 2.24) is 14.5 Å². The summed E-state index contributed by atoms with van der Waals surface area (Å²) in [7, 11) is 0. The molecule has 0 aliphatic rings. The van der Waals surface area contributed by atoms with Crippen molar-refractivity contribution in [2.75, 3.05) is 0 Å². The maximum Gasteiger partial charge on any atom is 0.341 e. The van der Waals surface area contributed by atoms with Crippen LogP contribution in [0.1, 0.15) is 28.7 Å². The first kappa shape index (κ1) is 21.0. The third-order valence-corrected chi connectivity index (χ3v) is 5.72. The molecule has 0 bridgehead atoms. The largest absolute Gasteiger partial charge is 0.477 e. The molecule has 0 spiro atoms. The topological polar surface area (TPSA) is 85.1 Å². The summed E-state index contributed by atoms with van der Waals surface area (Å²) >= 11 is 12.2. The van der Waals surface area contributed by atoms with Crippen molar-refractivity contribution in [1.29, 1.82) is 0 Å². The maximum atomic E-state index is 12.8. The number of carboxylic acid groups (broad SMARTS) is 1. The van der Waals surface area contributed by atoms with Crippen molar-refractivity contribution < 1.29 is 9.90 Å². The van der Waals surface area contributed by atoms with Gasteiger partial charge in [-0.05, 0) is 31.2 Å². The molecular formula is C23H17Cl2N3O3. The molecular weight excluding hydrogens is 437 g/mol. The number of hydrogen-bond acceptors (Lipinski definition) is 4. The van der Waals surface area contributed by atoms with E-state index in [1.54, 1.807) is 29.0 Å². The van der Waals surface area contributed by atoms with Crippen LogP contribution < -0.4 is 5.43 Å². The molecule has 4 aromatic rings. The Labute approximate surface area is 187 Å². The fourth-order valence-electron chi connectivity index (χ4n) is 3.62. The van der Waals surface area contributed by atoms with Crippen molar-refractivity contribution in [3.8, 4) is 11.3 Å². The van der Waals surface area contributed by atoms with E-state index in [9.17, 15) is 14.7 Å². The van der Waals surface area contributed by atoms with E-state index in [0.29, 0.717) is 34.9 Å². The van der Waals surface area contributed by atoms with Gasteiger partial charge in [0, 0.05) is 36.5 Å². The Morgan fingerprint density at radius 3 is 2.48 bits per heavy atom. The third kappa shape index (κ3) is 4.04. The number of nitrogens with zero attached hydrogens (tertiary/aromatic N) is 3. The second-order valence-electron chi connectivity index (χ2n) is 6.93. The van der Waals surface area contributed by atoms with Crippen LogP contribution in [0.2, 0.25) is 10.0 Å². The molecule has 1 N–H and O–H groups in total. The quantitative estimate of drug-likeness (QED) is 0.455. The molecule has 2 heterocycles. The summed E-state index contributed by atoms with van der Waals surface area (Å²) in [5.41, 5.74) is 2.71. The minimum atomic E-state index is -1.30. The van der Waals surface area contributed by atoms with Crippen LogP contribution in [-0.2, 0) is 13.0 Å². The number of aromatic carboxylic acids is 1. The fraction of sp³-hybridized carbons (Fsp3) is 0.130. The van der Waals surface area contributed by atoms with E-state index in [1.807, 2.05) is 31.2 Å². The van der Waals surface area contributed by atoms with Crippen LogP contribution in [0.15, 0.2) is 59.5 Å². The molecule has 2 aromatic heterocycles. The standard InChI is InChI=1S/C23H17Cl2N3O3/c1-2-28-15(10-14-12-26-18-5-3-4-6-19(18)27-14)11-20(29)21(23(30)31)22(28)13-7-8-16(24)17(25)9-13/h3-9,11-12H,2,10H2,1H3,(H,30,31). The summed E-state index contributed by atoms with van der Waals surface area (Å²) in [6, 6.07) is 13.7. The van der Waals surface area contributed by atoms with Crippen molar-refractivity contribution in [3.05, 3.63) is 91.9 Å². The highest BCUT2D eigenvalue weighted by Gasteiger charge is 2.22. The Balaban J connectivity index is 1.92. The average Bonchev–Trinajstić information content (AvgIpc) is 2.75. The molecule has 0 unspecified atom stereocenters. The molecule has 0 aliphatic carbocycles. The Morgan fingerprint density at radius 2 is 1.81 bits per heavy atom. The number of halogens is 2. The average molecular weight is 454 g/mol. The van der Waals surface area contributed by atoms with Crippen molar-refractivity contribution in [3.63, 3.8) is 0 Å². The number of carboxylic acids is 1. The predicted octanol–water partition coefficient (Wildman–Crippen LogP) is 5.07. The first-order chi connectivity index (χ1) is 14.9. The van der Waals surface area contributed by atoms with E-state index < -0.39 is 11.4 Å². The summed E-state index contributed by atoms with van der Waals surface area (Å²) in [6.45, 7) is 2.32. The van der Waals surface area contributed by atoms with Gasteiger partial charge in [-0.3, -0.25) is 9.78 Å². The van der Waals surface area contributed by atoms with E-state index in [0.717, 1.165) is 11.0 Å². The number of pyridine rings is 1. The molecule has 2 aromatic carbocycles. The van der Waals surface area contributed by atoms with Gasteiger partial charge in [0.1, 0.15) is 5.56 Å². The third-order valence-electron chi connectivity index (χ3n) is 4.98. The fourth-order valence-corrected chi connectivity index (χ4v) is 3.92. The van der Waals surface area contributed by atoms with E-state index in [-0.39, 0.29) is 16.3 Å². The molecule has 0 aliphatic heterocycles. The number of hydrogen-bond donors (Lipinski definition) is 1. The summed E-state index contributed by atoms with van der Waals surface area (Å²) in [6.07, 6.45) is 1.98. The van der Waals surface area contributed by atoms with Crippen LogP contribution >= 0.6 is 23.2 Å². The second kappa shape index (κ2) is 8.49. The number of aromatic nitrogens is 3. The second-order valence-corrected chi connectivity index (χ2v) is 7.74. The van der Waals surface area contributed by atoms with Gasteiger partial charge in [0.15, 0.2) is 5.43 Å². The van der Waals surface area contributed by atoms with E-state index in [1.165, 1.54) is 6.07 Å². The van der Waals surface area contributed by atoms with Gasteiger partial charge in [0.05, 0.1) is 32.5 Å². The highest BCUT2D eigenvalue weighted by atomic mass is 35.5. The molecule has 31 heavy (non-hydrogen) atoms. The minimum Gasteiger partial charge on any atom is -0.477 e. The smallest absolute Gasteiger partial charge is 0.341 e. The molecule has 0 amide bonds. The van der Waals surface area contributed by atoms with Crippen LogP contribution in [0.4, 0.5) is 0 Å². The van der Waals surface area contributed by atoms with Crippen LogP contribution in [0.25, 0.3) is 22.3 Å². The number of para-hydroxylation sites is 2. The maximum absolute atomic E-state index is 12.8. The summed E-state index contributed by atoms with van der Waals surface area (Å²) < 4.78 is 1.79.